The summed E-state index contributed by atoms with van der Waals surface area (Å²) in [5.74, 6) is 0.624. The number of ether oxygens (including phenoxy) is 1. The van der Waals surface area contributed by atoms with Gasteiger partial charge < -0.3 is 9.64 Å². The lowest BCUT2D eigenvalue weighted by atomic mass is 10.1. The molecular formula is C16H22N4O4S. The number of benzene rings is 1. The van der Waals surface area contributed by atoms with Crippen molar-refractivity contribution < 1.29 is 17.9 Å². The minimum atomic E-state index is -3.98. The van der Waals surface area contributed by atoms with Gasteiger partial charge in [-0.25, -0.2) is 5.14 Å². The highest BCUT2D eigenvalue weighted by atomic mass is 32.2. The van der Waals surface area contributed by atoms with E-state index in [9.17, 15) is 18.5 Å². The number of amides is 1. The lowest BCUT2D eigenvalue weighted by molar-refractivity contribution is -0.130. The summed E-state index contributed by atoms with van der Waals surface area (Å²) in [6.07, 6.45) is 2.21. The molecule has 0 radical (unpaired) electrons. The maximum absolute atomic E-state index is 11.9. The number of anilines is 1. The number of hydrogen-bond acceptors (Lipinski definition) is 5. The first-order chi connectivity index (χ1) is 11.8. The van der Waals surface area contributed by atoms with E-state index in [1.165, 1.54) is 6.07 Å². The Kier molecular flexibility index (Phi) is 6.22. The van der Waals surface area contributed by atoms with Gasteiger partial charge in [-0.15, -0.1) is 0 Å². The van der Waals surface area contributed by atoms with Crippen LogP contribution in [0.2, 0.25) is 0 Å². The van der Waals surface area contributed by atoms with Crippen LogP contribution >= 0.6 is 0 Å². The molecular weight excluding hydrogens is 344 g/mol. The Morgan fingerprint density at radius 1 is 1.52 bits per heavy atom. The van der Waals surface area contributed by atoms with E-state index in [1.54, 1.807) is 12.1 Å². The van der Waals surface area contributed by atoms with E-state index in [0.29, 0.717) is 26.1 Å². The van der Waals surface area contributed by atoms with Gasteiger partial charge in [0, 0.05) is 25.4 Å². The molecule has 0 aromatic heterocycles. The van der Waals surface area contributed by atoms with E-state index in [0.717, 1.165) is 12.8 Å². The van der Waals surface area contributed by atoms with Crippen molar-refractivity contribution in [3.8, 4) is 11.8 Å². The molecule has 1 saturated heterocycles. The van der Waals surface area contributed by atoms with E-state index in [4.69, 9.17) is 9.88 Å². The van der Waals surface area contributed by atoms with Gasteiger partial charge in [-0.3, -0.25) is 9.52 Å². The Morgan fingerprint density at radius 3 is 2.92 bits per heavy atom. The van der Waals surface area contributed by atoms with Crippen LogP contribution < -0.4 is 14.6 Å². The van der Waals surface area contributed by atoms with E-state index in [-0.39, 0.29) is 28.8 Å². The summed E-state index contributed by atoms with van der Waals surface area (Å²) in [6.45, 7) is 3.67. The number of hydrogen-bond donors (Lipinski definition) is 2. The molecule has 1 fully saturated rings. The second-order valence-corrected chi connectivity index (χ2v) is 7.29. The number of nitrogens with one attached hydrogen (secondary N) is 1. The van der Waals surface area contributed by atoms with Crippen LogP contribution in [0.4, 0.5) is 5.69 Å². The average Bonchev–Trinajstić information content (AvgIpc) is 3.01. The van der Waals surface area contributed by atoms with E-state index in [1.807, 2.05) is 17.9 Å². The molecule has 1 amide bonds. The number of likely N-dealkylation sites (tertiary alicyclic amines) is 1. The number of nitriles is 1. The third-order valence-corrected chi connectivity index (χ3v) is 4.47. The molecule has 0 bridgehead atoms. The summed E-state index contributed by atoms with van der Waals surface area (Å²) in [5.41, 5.74) is 0.155. The second kappa shape index (κ2) is 8.18. The summed E-state index contributed by atoms with van der Waals surface area (Å²) in [5, 5.41) is 14.3. The van der Waals surface area contributed by atoms with Gasteiger partial charge in [0.15, 0.2) is 0 Å². The molecule has 9 heteroatoms. The fourth-order valence-corrected chi connectivity index (χ4v) is 3.26. The van der Waals surface area contributed by atoms with Crippen LogP contribution in [-0.2, 0) is 15.0 Å². The molecule has 2 rings (SSSR count). The molecule has 1 aromatic rings. The molecule has 8 nitrogen and oxygen atoms in total. The van der Waals surface area contributed by atoms with Gasteiger partial charge in [-0.1, -0.05) is 13.0 Å². The number of carbonyl (C=O) groups is 1. The van der Waals surface area contributed by atoms with Gasteiger partial charge in [-0.2, -0.15) is 13.7 Å². The first-order valence-electron chi connectivity index (χ1n) is 8.08. The normalized spacial score (nSPS) is 17.2. The highest BCUT2D eigenvalue weighted by molar-refractivity contribution is 7.90. The number of carbonyl (C=O) groups excluding carboxylic acids is 1. The number of nitrogens with zero attached hydrogens (tertiary/aromatic N) is 2. The fourth-order valence-electron chi connectivity index (χ4n) is 2.78. The molecule has 1 atom stereocenters. The largest absolute Gasteiger partial charge is 0.492 e. The van der Waals surface area contributed by atoms with Crippen LogP contribution in [0.3, 0.4) is 0 Å². The quantitative estimate of drug-likeness (QED) is 0.750. The van der Waals surface area contributed by atoms with Crippen molar-refractivity contribution in [3.63, 3.8) is 0 Å². The molecule has 1 aliphatic heterocycles. The topological polar surface area (TPSA) is 126 Å². The third kappa shape index (κ3) is 5.34. The molecule has 1 unspecified atom stereocenters. The summed E-state index contributed by atoms with van der Waals surface area (Å²) in [4.78, 5) is 13.7. The first-order valence-corrected chi connectivity index (χ1v) is 9.63. The molecule has 1 aromatic carbocycles. The lowest BCUT2D eigenvalue weighted by Gasteiger charge is -2.17. The van der Waals surface area contributed by atoms with Crippen molar-refractivity contribution >= 4 is 21.8 Å². The lowest BCUT2D eigenvalue weighted by Crippen LogP contribution is -2.29. The molecule has 1 heterocycles. The average molecular weight is 366 g/mol. The zero-order chi connectivity index (χ0) is 18.4. The zero-order valence-corrected chi connectivity index (χ0v) is 14.9. The summed E-state index contributed by atoms with van der Waals surface area (Å²) in [6, 6.07) is 6.55. The van der Waals surface area contributed by atoms with Crippen molar-refractivity contribution in [2.75, 3.05) is 24.4 Å². The molecule has 25 heavy (non-hydrogen) atoms. The van der Waals surface area contributed by atoms with E-state index < -0.39 is 10.2 Å². The van der Waals surface area contributed by atoms with Gasteiger partial charge in [0.05, 0.1) is 12.3 Å². The van der Waals surface area contributed by atoms with Gasteiger partial charge in [0.2, 0.25) is 5.91 Å². The van der Waals surface area contributed by atoms with Crippen LogP contribution in [0.15, 0.2) is 18.2 Å². The Labute approximate surface area is 147 Å². The molecule has 136 valence electrons. The molecule has 1 aliphatic rings. The highest BCUT2D eigenvalue weighted by Gasteiger charge is 2.26. The molecule has 0 spiro atoms. The maximum atomic E-state index is 11.9. The SMILES string of the molecule is CCCC(=O)N1CCC(COc2cccc(NS(N)(=O)=O)c2C#N)C1. The Balaban J connectivity index is 2.01. The standard InChI is InChI=1S/C16H22N4O4S/c1-2-4-16(21)20-8-7-12(10-20)11-24-15-6-3-5-14(13(15)9-17)19-25(18,22)23/h3,5-6,12,19H,2,4,7-8,10-11H2,1H3,(H2,18,22,23). The minimum absolute atomic E-state index is 0.0773. The van der Waals surface area contributed by atoms with Crippen molar-refractivity contribution in [2.45, 2.75) is 26.2 Å². The summed E-state index contributed by atoms with van der Waals surface area (Å²) < 4.78 is 30.2. The van der Waals surface area contributed by atoms with Crippen molar-refractivity contribution in [3.05, 3.63) is 23.8 Å². The molecule has 0 saturated carbocycles. The highest BCUT2D eigenvalue weighted by Crippen LogP contribution is 2.27. The minimum Gasteiger partial charge on any atom is -0.492 e. The zero-order valence-electron chi connectivity index (χ0n) is 14.1. The third-order valence-electron chi connectivity index (χ3n) is 3.97. The van der Waals surface area contributed by atoms with Crippen LogP contribution in [0.5, 0.6) is 5.75 Å². The predicted octanol–water partition coefficient (Wildman–Crippen LogP) is 1.20. The van der Waals surface area contributed by atoms with Crippen LogP contribution in [0.1, 0.15) is 31.7 Å². The maximum Gasteiger partial charge on any atom is 0.296 e. The monoisotopic (exact) mass is 366 g/mol. The Morgan fingerprint density at radius 2 is 2.28 bits per heavy atom. The molecule has 0 aliphatic carbocycles. The Bertz CT molecular complexity index is 773. The number of rotatable bonds is 7. The van der Waals surface area contributed by atoms with Crippen LogP contribution in [0.25, 0.3) is 0 Å². The smallest absolute Gasteiger partial charge is 0.296 e. The van der Waals surface area contributed by atoms with E-state index in [2.05, 4.69) is 4.72 Å². The van der Waals surface area contributed by atoms with Gasteiger partial charge in [-0.05, 0) is 25.0 Å². The van der Waals surface area contributed by atoms with Crippen LogP contribution in [0, 0.1) is 17.2 Å². The predicted molar refractivity (Wildman–Crippen MR) is 93.0 cm³/mol. The first kappa shape index (κ1) is 19.0. The van der Waals surface area contributed by atoms with Gasteiger partial charge >= 0.3 is 0 Å². The van der Waals surface area contributed by atoms with Crippen molar-refractivity contribution in [2.24, 2.45) is 11.1 Å². The fraction of sp³-hybridized carbons (Fsp3) is 0.500. The van der Waals surface area contributed by atoms with Crippen LogP contribution in [-0.4, -0.2) is 38.9 Å². The van der Waals surface area contributed by atoms with E-state index >= 15 is 0 Å². The molecule has 3 N–H and O–H groups in total. The second-order valence-electron chi connectivity index (χ2n) is 5.99. The van der Waals surface area contributed by atoms with Gasteiger partial charge in [0.25, 0.3) is 10.2 Å². The number of nitrogens with two attached hydrogens (primary N) is 1. The summed E-state index contributed by atoms with van der Waals surface area (Å²) >= 11 is 0. The Hall–Kier alpha value is -2.31. The van der Waals surface area contributed by atoms with Crippen molar-refractivity contribution in [1.29, 1.82) is 5.26 Å². The van der Waals surface area contributed by atoms with Crippen molar-refractivity contribution in [1.82, 2.24) is 4.90 Å². The van der Waals surface area contributed by atoms with Gasteiger partial charge in [0.1, 0.15) is 17.4 Å². The summed E-state index contributed by atoms with van der Waals surface area (Å²) in [7, 11) is -3.98.